The van der Waals surface area contributed by atoms with Gasteiger partial charge in [0.05, 0.1) is 0 Å². The summed E-state index contributed by atoms with van der Waals surface area (Å²) < 4.78 is 0. The van der Waals surface area contributed by atoms with Crippen molar-refractivity contribution in [1.29, 1.82) is 0 Å². The third kappa shape index (κ3) is 2.13. The van der Waals surface area contributed by atoms with E-state index < -0.39 is 0 Å². The van der Waals surface area contributed by atoms with E-state index in [-0.39, 0.29) is 30.7 Å². The lowest BCUT2D eigenvalue weighted by atomic mass is 10.3. The van der Waals surface area contributed by atoms with Crippen LogP contribution in [0, 0.1) is 0 Å². The highest BCUT2D eigenvalue weighted by Gasteiger charge is 2.25. The minimum Gasteiger partial charge on any atom is -0.343 e. The van der Waals surface area contributed by atoms with E-state index in [2.05, 4.69) is 0 Å². The molecule has 2 aliphatic rings. The molecule has 0 atom stereocenters. The summed E-state index contributed by atoms with van der Waals surface area (Å²) in [5.41, 5.74) is 0. The van der Waals surface area contributed by atoms with Gasteiger partial charge in [-0.25, -0.2) is 0 Å². The van der Waals surface area contributed by atoms with Crippen molar-refractivity contribution in [2.45, 2.75) is 19.3 Å². The fourth-order valence-corrected chi connectivity index (χ4v) is 1.98. The molecule has 0 N–H and O–H groups in total. The Kier molecular flexibility index (Phi) is 3.03. The summed E-state index contributed by atoms with van der Waals surface area (Å²) in [5.74, 6) is -0.608. The van der Waals surface area contributed by atoms with Crippen molar-refractivity contribution >= 4 is 17.7 Å². The summed E-state index contributed by atoms with van der Waals surface area (Å²) in [5, 5.41) is 0. The maximum Gasteiger partial charge on any atom is 0.253 e. The summed E-state index contributed by atoms with van der Waals surface area (Å²) in [6.07, 6.45) is 4.81. The van der Waals surface area contributed by atoms with Crippen LogP contribution in [-0.4, -0.2) is 47.2 Å². The van der Waals surface area contributed by atoms with Crippen LogP contribution in [0.25, 0.3) is 0 Å². The van der Waals surface area contributed by atoms with Gasteiger partial charge in [0.2, 0.25) is 5.91 Å². The lowest BCUT2D eigenvalue weighted by molar-refractivity contribution is -0.137. The molecule has 86 valence electrons. The van der Waals surface area contributed by atoms with Crippen molar-refractivity contribution in [2.24, 2.45) is 0 Å². The summed E-state index contributed by atoms with van der Waals surface area (Å²) in [6, 6.07) is 0. The van der Waals surface area contributed by atoms with Gasteiger partial charge in [-0.15, -0.1) is 0 Å². The molecule has 0 radical (unpaired) electrons. The van der Waals surface area contributed by atoms with E-state index >= 15 is 0 Å². The lowest BCUT2D eigenvalue weighted by Gasteiger charge is -2.18. The quantitative estimate of drug-likeness (QED) is 0.628. The Morgan fingerprint density at radius 3 is 2.25 bits per heavy atom. The Morgan fingerprint density at radius 2 is 1.69 bits per heavy atom. The van der Waals surface area contributed by atoms with Crippen LogP contribution >= 0.6 is 0 Å². The van der Waals surface area contributed by atoms with Crippen molar-refractivity contribution in [3.05, 3.63) is 12.2 Å². The van der Waals surface area contributed by atoms with Crippen molar-refractivity contribution in [3.8, 4) is 0 Å². The summed E-state index contributed by atoms with van der Waals surface area (Å²) in [6.45, 7) is 1.80. The Bertz CT molecular complexity index is 338. The van der Waals surface area contributed by atoms with Gasteiger partial charge >= 0.3 is 0 Å². The molecule has 1 fully saturated rings. The van der Waals surface area contributed by atoms with Crippen LogP contribution in [0.1, 0.15) is 19.3 Å². The van der Waals surface area contributed by atoms with Crippen LogP contribution < -0.4 is 0 Å². The minimum atomic E-state index is -0.320. The van der Waals surface area contributed by atoms with Crippen molar-refractivity contribution < 1.29 is 14.4 Å². The molecule has 0 saturated carbocycles. The van der Waals surface area contributed by atoms with E-state index in [1.165, 1.54) is 12.2 Å². The van der Waals surface area contributed by atoms with Gasteiger partial charge in [-0.1, -0.05) is 0 Å². The topological polar surface area (TPSA) is 57.7 Å². The molecule has 0 bridgehead atoms. The standard InChI is InChI=1S/C11H14N2O3/c14-9(12-6-1-2-7-12)5-8-13-10(15)3-4-11(13)16/h3-4H,1-2,5-8H2. The average molecular weight is 222 g/mol. The van der Waals surface area contributed by atoms with Crippen LogP contribution in [-0.2, 0) is 14.4 Å². The number of rotatable bonds is 3. The van der Waals surface area contributed by atoms with Crippen LogP contribution in [0.3, 0.4) is 0 Å². The minimum absolute atomic E-state index is 0.0324. The summed E-state index contributed by atoms with van der Waals surface area (Å²) in [7, 11) is 0. The van der Waals surface area contributed by atoms with Gasteiger partial charge in [0, 0.05) is 38.2 Å². The predicted octanol–water partition coefficient (Wildman–Crippen LogP) is -0.0761. The van der Waals surface area contributed by atoms with Gasteiger partial charge in [0.1, 0.15) is 0 Å². The Hall–Kier alpha value is -1.65. The van der Waals surface area contributed by atoms with Gasteiger partial charge in [0.25, 0.3) is 11.8 Å². The highest BCUT2D eigenvalue weighted by atomic mass is 16.2. The first-order valence-electron chi connectivity index (χ1n) is 5.50. The van der Waals surface area contributed by atoms with Crippen molar-refractivity contribution in [2.75, 3.05) is 19.6 Å². The fourth-order valence-electron chi connectivity index (χ4n) is 1.98. The van der Waals surface area contributed by atoms with E-state index in [1.54, 1.807) is 4.90 Å². The van der Waals surface area contributed by atoms with Gasteiger partial charge in [-0.2, -0.15) is 0 Å². The molecule has 0 aliphatic carbocycles. The van der Waals surface area contributed by atoms with Crippen LogP contribution in [0.2, 0.25) is 0 Å². The maximum absolute atomic E-state index is 11.7. The molecular weight excluding hydrogens is 208 g/mol. The highest BCUT2D eigenvalue weighted by Crippen LogP contribution is 2.10. The predicted molar refractivity (Wildman–Crippen MR) is 56.3 cm³/mol. The van der Waals surface area contributed by atoms with Gasteiger partial charge in [-0.3, -0.25) is 19.3 Å². The number of hydrogen-bond acceptors (Lipinski definition) is 3. The second-order valence-electron chi connectivity index (χ2n) is 4.00. The molecule has 2 aliphatic heterocycles. The van der Waals surface area contributed by atoms with Crippen molar-refractivity contribution in [1.82, 2.24) is 9.80 Å². The Labute approximate surface area is 93.7 Å². The molecule has 2 rings (SSSR count). The molecule has 5 nitrogen and oxygen atoms in total. The molecular formula is C11H14N2O3. The molecule has 0 spiro atoms. The second kappa shape index (κ2) is 4.47. The third-order valence-corrected chi connectivity index (χ3v) is 2.91. The molecule has 5 heteroatoms. The molecule has 0 aromatic carbocycles. The number of imide groups is 1. The monoisotopic (exact) mass is 222 g/mol. The average Bonchev–Trinajstić information content (AvgIpc) is 2.87. The number of hydrogen-bond donors (Lipinski definition) is 0. The van der Waals surface area contributed by atoms with Gasteiger partial charge in [0.15, 0.2) is 0 Å². The Morgan fingerprint density at radius 1 is 1.12 bits per heavy atom. The largest absolute Gasteiger partial charge is 0.343 e. The zero-order valence-electron chi connectivity index (χ0n) is 9.02. The Balaban J connectivity index is 1.81. The summed E-state index contributed by atoms with van der Waals surface area (Å²) in [4.78, 5) is 37.0. The third-order valence-electron chi connectivity index (χ3n) is 2.91. The SMILES string of the molecule is O=C(CCN1C(=O)C=CC1=O)N1CCCC1. The molecule has 16 heavy (non-hydrogen) atoms. The van der Waals surface area contributed by atoms with Gasteiger partial charge < -0.3 is 4.90 Å². The lowest BCUT2D eigenvalue weighted by Crippen LogP contribution is -2.35. The van der Waals surface area contributed by atoms with Crippen LogP contribution in [0.5, 0.6) is 0 Å². The van der Waals surface area contributed by atoms with Crippen molar-refractivity contribution in [3.63, 3.8) is 0 Å². The molecule has 1 saturated heterocycles. The first kappa shape index (κ1) is 10.9. The second-order valence-corrected chi connectivity index (χ2v) is 4.00. The number of amides is 3. The van der Waals surface area contributed by atoms with E-state index in [1.807, 2.05) is 0 Å². The van der Waals surface area contributed by atoms with E-state index in [9.17, 15) is 14.4 Å². The first-order chi connectivity index (χ1) is 7.68. The van der Waals surface area contributed by atoms with Gasteiger partial charge in [-0.05, 0) is 12.8 Å². The number of carbonyl (C=O) groups excluding carboxylic acids is 3. The van der Waals surface area contributed by atoms with E-state index in [0.717, 1.165) is 30.8 Å². The van der Waals surface area contributed by atoms with Crippen LogP contribution in [0.4, 0.5) is 0 Å². The smallest absolute Gasteiger partial charge is 0.253 e. The molecule has 3 amide bonds. The van der Waals surface area contributed by atoms with E-state index in [4.69, 9.17) is 0 Å². The number of nitrogens with zero attached hydrogens (tertiary/aromatic N) is 2. The normalized spacial score (nSPS) is 20.0. The van der Waals surface area contributed by atoms with E-state index in [0.29, 0.717) is 0 Å². The molecule has 0 aromatic heterocycles. The molecule has 0 aromatic rings. The summed E-state index contributed by atoms with van der Waals surface area (Å²) >= 11 is 0. The first-order valence-corrected chi connectivity index (χ1v) is 5.50. The zero-order chi connectivity index (χ0) is 11.5. The molecule has 0 unspecified atom stereocenters. The highest BCUT2D eigenvalue weighted by molar-refractivity contribution is 6.13. The fraction of sp³-hybridized carbons (Fsp3) is 0.545. The zero-order valence-corrected chi connectivity index (χ0v) is 9.02. The van der Waals surface area contributed by atoms with Crippen LogP contribution in [0.15, 0.2) is 12.2 Å². The number of likely N-dealkylation sites (tertiary alicyclic amines) is 1. The number of carbonyl (C=O) groups is 3. The maximum atomic E-state index is 11.7. The molecule has 2 heterocycles.